The third-order valence-electron chi connectivity index (χ3n) is 2.57. The Balaban J connectivity index is 2.76. The molecule has 1 rings (SSSR count). The predicted molar refractivity (Wildman–Crippen MR) is 63.2 cm³/mol. The molecule has 114 valence electrons. The SMILES string of the molecule is CC(=O)OC[C@H](OC(C)=O)[C@H]1O[C@H](O)C[C@H]1OC(C)=O. The van der Waals surface area contributed by atoms with Crippen LogP contribution in [-0.2, 0) is 33.3 Å². The van der Waals surface area contributed by atoms with Gasteiger partial charge in [-0.25, -0.2) is 0 Å². The number of hydrogen-bond acceptors (Lipinski definition) is 8. The van der Waals surface area contributed by atoms with Gasteiger partial charge in [0.25, 0.3) is 0 Å². The number of aliphatic hydroxyl groups is 1. The molecule has 0 aliphatic carbocycles. The van der Waals surface area contributed by atoms with Crippen molar-refractivity contribution in [3.63, 3.8) is 0 Å². The molecule has 1 heterocycles. The average molecular weight is 290 g/mol. The zero-order chi connectivity index (χ0) is 15.3. The molecule has 0 aromatic rings. The summed E-state index contributed by atoms with van der Waals surface area (Å²) in [4.78, 5) is 32.9. The van der Waals surface area contributed by atoms with Gasteiger partial charge in [-0.15, -0.1) is 0 Å². The first-order valence-electron chi connectivity index (χ1n) is 6.11. The van der Waals surface area contributed by atoms with Crippen LogP contribution < -0.4 is 0 Å². The Hall–Kier alpha value is -1.67. The van der Waals surface area contributed by atoms with Crippen LogP contribution in [0.3, 0.4) is 0 Å². The Morgan fingerprint density at radius 3 is 2.35 bits per heavy atom. The van der Waals surface area contributed by atoms with E-state index in [1.165, 1.54) is 20.8 Å². The van der Waals surface area contributed by atoms with Crippen molar-refractivity contribution < 1.29 is 38.4 Å². The van der Waals surface area contributed by atoms with Crippen molar-refractivity contribution in [3.8, 4) is 0 Å². The van der Waals surface area contributed by atoms with Crippen LogP contribution in [0, 0.1) is 0 Å². The molecule has 1 fully saturated rings. The summed E-state index contributed by atoms with van der Waals surface area (Å²) in [5, 5.41) is 9.48. The Morgan fingerprint density at radius 2 is 1.85 bits per heavy atom. The summed E-state index contributed by atoms with van der Waals surface area (Å²) in [5.41, 5.74) is 0. The van der Waals surface area contributed by atoms with Crippen LogP contribution in [0.5, 0.6) is 0 Å². The van der Waals surface area contributed by atoms with Crippen molar-refractivity contribution in [2.24, 2.45) is 0 Å². The van der Waals surface area contributed by atoms with Crippen molar-refractivity contribution in [1.29, 1.82) is 0 Å². The van der Waals surface area contributed by atoms with Gasteiger partial charge in [0, 0.05) is 27.2 Å². The predicted octanol–water partition coefficient (Wildman–Crippen LogP) is -0.480. The smallest absolute Gasteiger partial charge is 0.303 e. The first-order valence-corrected chi connectivity index (χ1v) is 6.11. The van der Waals surface area contributed by atoms with Gasteiger partial charge in [0.05, 0.1) is 0 Å². The lowest BCUT2D eigenvalue weighted by atomic mass is 10.1. The van der Waals surface area contributed by atoms with Crippen molar-refractivity contribution in [2.45, 2.75) is 51.8 Å². The summed E-state index contributed by atoms with van der Waals surface area (Å²) in [6.07, 6.45) is -3.71. The molecule has 0 spiro atoms. The lowest BCUT2D eigenvalue weighted by Gasteiger charge is -2.26. The van der Waals surface area contributed by atoms with E-state index in [9.17, 15) is 19.5 Å². The van der Waals surface area contributed by atoms with Gasteiger partial charge in [-0.05, 0) is 0 Å². The molecule has 0 radical (unpaired) electrons. The van der Waals surface area contributed by atoms with Crippen molar-refractivity contribution in [2.75, 3.05) is 6.61 Å². The van der Waals surface area contributed by atoms with Gasteiger partial charge in [-0.1, -0.05) is 0 Å². The van der Waals surface area contributed by atoms with Gasteiger partial charge >= 0.3 is 17.9 Å². The molecule has 0 unspecified atom stereocenters. The Morgan fingerprint density at radius 1 is 1.20 bits per heavy atom. The van der Waals surface area contributed by atoms with Gasteiger partial charge in [0.15, 0.2) is 12.4 Å². The quantitative estimate of drug-likeness (QED) is 0.534. The van der Waals surface area contributed by atoms with Gasteiger partial charge in [-0.2, -0.15) is 0 Å². The lowest BCUT2D eigenvalue weighted by Crippen LogP contribution is -2.42. The van der Waals surface area contributed by atoms with Crippen LogP contribution in [-0.4, -0.2) is 54.2 Å². The average Bonchev–Trinajstić information content (AvgIpc) is 2.63. The number of esters is 3. The molecule has 0 bridgehead atoms. The minimum atomic E-state index is -1.14. The van der Waals surface area contributed by atoms with E-state index in [2.05, 4.69) is 0 Å². The number of ether oxygens (including phenoxy) is 4. The number of carbonyl (C=O) groups excluding carboxylic acids is 3. The van der Waals surface area contributed by atoms with Crippen molar-refractivity contribution >= 4 is 17.9 Å². The molecule has 4 atom stereocenters. The Bertz CT molecular complexity index is 380. The topological polar surface area (TPSA) is 108 Å². The van der Waals surface area contributed by atoms with E-state index in [1.54, 1.807) is 0 Å². The molecule has 0 saturated carbocycles. The highest BCUT2D eigenvalue weighted by Gasteiger charge is 2.43. The number of carbonyl (C=O) groups is 3. The van der Waals surface area contributed by atoms with E-state index in [-0.39, 0.29) is 13.0 Å². The van der Waals surface area contributed by atoms with Crippen molar-refractivity contribution in [1.82, 2.24) is 0 Å². The van der Waals surface area contributed by atoms with Crippen molar-refractivity contribution in [3.05, 3.63) is 0 Å². The molecule has 1 saturated heterocycles. The third-order valence-corrected chi connectivity index (χ3v) is 2.57. The van der Waals surface area contributed by atoms with Gasteiger partial charge in [-0.3, -0.25) is 14.4 Å². The van der Waals surface area contributed by atoms with Crippen LogP contribution in [0.25, 0.3) is 0 Å². The summed E-state index contributed by atoms with van der Waals surface area (Å²) >= 11 is 0. The summed E-state index contributed by atoms with van der Waals surface area (Å²) in [7, 11) is 0. The second-order valence-corrected chi connectivity index (χ2v) is 4.39. The lowest BCUT2D eigenvalue weighted by molar-refractivity contribution is -0.182. The summed E-state index contributed by atoms with van der Waals surface area (Å²) < 4.78 is 20.0. The minimum absolute atomic E-state index is 0.0576. The standard InChI is InChI=1S/C12H18O8/c1-6(13)17-5-10(19-8(3)15)12-9(18-7(2)14)4-11(16)20-12/h9-12,16H,4-5H2,1-3H3/t9-,10+,11+,12+/m1/s1. The van der Waals surface area contributed by atoms with E-state index >= 15 is 0 Å². The molecule has 8 heteroatoms. The highest BCUT2D eigenvalue weighted by Crippen LogP contribution is 2.26. The molecule has 0 aromatic heterocycles. The van der Waals surface area contributed by atoms with E-state index in [4.69, 9.17) is 18.9 Å². The van der Waals surface area contributed by atoms with E-state index < -0.39 is 42.5 Å². The summed E-state index contributed by atoms with van der Waals surface area (Å²) in [6.45, 7) is 3.37. The second kappa shape index (κ2) is 7.20. The highest BCUT2D eigenvalue weighted by molar-refractivity contribution is 5.67. The first kappa shape index (κ1) is 16.4. The zero-order valence-corrected chi connectivity index (χ0v) is 11.5. The fraction of sp³-hybridized carbons (Fsp3) is 0.750. The Kier molecular flexibility index (Phi) is 5.90. The molecule has 8 nitrogen and oxygen atoms in total. The molecule has 1 aliphatic rings. The Labute approximate surface area is 115 Å². The van der Waals surface area contributed by atoms with Crippen LogP contribution in [0.1, 0.15) is 27.2 Å². The molecule has 0 amide bonds. The maximum Gasteiger partial charge on any atom is 0.303 e. The molecular formula is C12H18O8. The van der Waals surface area contributed by atoms with Gasteiger partial charge in [0.1, 0.15) is 18.8 Å². The van der Waals surface area contributed by atoms with Crippen LogP contribution in [0.2, 0.25) is 0 Å². The molecule has 1 N–H and O–H groups in total. The highest BCUT2D eigenvalue weighted by atomic mass is 16.7. The van der Waals surface area contributed by atoms with Gasteiger partial charge in [0.2, 0.25) is 0 Å². The van der Waals surface area contributed by atoms with E-state index in [0.29, 0.717) is 0 Å². The molecular weight excluding hydrogens is 272 g/mol. The van der Waals surface area contributed by atoms with Crippen LogP contribution >= 0.6 is 0 Å². The van der Waals surface area contributed by atoms with E-state index in [0.717, 1.165) is 0 Å². The maximum atomic E-state index is 11.1. The third kappa shape index (κ3) is 5.14. The fourth-order valence-corrected chi connectivity index (χ4v) is 1.92. The number of rotatable bonds is 5. The van der Waals surface area contributed by atoms with Crippen LogP contribution in [0.15, 0.2) is 0 Å². The monoisotopic (exact) mass is 290 g/mol. The number of hydrogen-bond donors (Lipinski definition) is 1. The summed E-state index contributed by atoms with van der Waals surface area (Å²) in [5.74, 6) is -1.70. The second-order valence-electron chi connectivity index (χ2n) is 4.39. The number of aliphatic hydroxyl groups excluding tert-OH is 1. The molecule has 1 aliphatic heterocycles. The first-order chi connectivity index (χ1) is 9.29. The van der Waals surface area contributed by atoms with Gasteiger partial charge < -0.3 is 24.1 Å². The van der Waals surface area contributed by atoms with E-state index in [1.807, 2.05) is 0 Å². The van der Waals surface area contributed by atoms with Crippen LogP contribution in [0.4, 0.5) is 0 Å². The maximum absolute atomic E-state index is 11.1. The largest absolute Gasteiger partial charge is 0.462 e. The fourth-order valence-electron chi connectivity index (χ4n) is 1.92. The normalized spacial score (nSPS) is 26.7. The summed E-state index contributed by atoms with van der Waals surface area (Å²) in [6, 6.07) is 0. The molecule has 20 heavy (non-hydrogen) atoms. The molecule has 0 aromatic carbocycles. The minimum Gasteiger partial charge on any atom is -0.462 e. The zero-order valence-electron chi connectivity index (χ0n) is 11.5.